The molecule has 1 aromatic carbocycles. The van der Waals surface area contributed by atoms with Crippen molar-refractivity contribution in [2.24, 2.45) is 0 Å². The number of fused-ring (bicyclic) bond motifs is 1. The van der Waals surface area contributed by atoms with E-state index >= 15 is 0 Å². The minimum Gasteiger partial charge on any atom is -0.484 e. The van der Waals surface area contributed by atoms with Crippen molar-refractivity contribution in [3.05, 3.63) is 49.6 Å². The standard InChI is InChI=1S/C18H17Cl2NO3S/c19-13-6-5-12(8-14(13)20)24-10-18(23)21-9-15(22)17-7-11-3-1-2-4-16(11)25-17/h5-8H,1-4,9-10H2,(H,21,23). The number of benzene rings is 1. The summed E-state index contributed by atoms with van der Waals surface area (Å²) >= 11 is 13.3. The highest BCUT2D eigenvalue weighted by molar-refractivity contribution is 7.14. The smallest absolute Gasteiger partial charge is 0.258 e. The number of hydrogen-bond donors (Lipinski definition) is 1. The molecule has 25 heavy (non-hydrogen) atoms. The maximum Gasteiger partial charge on any atom is 0.258 e. The largest absolute Gasteiger partial charge is 0.484 e. The molecule has 0 unspecified atom stereocenters. The van der Waals surface area contributed by atoms with Crippen molar-refractivity contribution in [2.45, 2.75) is 25.7 Å². The number of Topliss-reactive ketones (excluding diaryl/α,β-unsaturated/α-hetero) is 1. The van der Waals surface area contributed by atoms with Gasteiger partial charge in [-0.3, -0.25) is 9.59 Å². The van der Waals surface area contributed by atoms with Crippen LogP contribution in [0.15, 0.2) is 24.3 Å². The Balaban J connectivity index is 1.47. The van der Waals surface area contributed by atoms with Crippen LogP contribution in [0, 0.1) is 0 Å². The SMILES string of the molecule is O=C(COc1ccc(Cl)c(Cl)c1)NCC(=O)c1cc2c(s1)CCCC2. The Morgan fingerprint density at radius 2 is 1.92 bits per heavy atom. The van der Waals surface area contributed by atoms with Gasteiger partial charge in [-0.2, -0.15) is 0 Å². The van der Waals surface area contributed by atoms with Crippen LogP contribution < -0.4 is 10.1 Å². The van der Waals surface area contributed by atoms with E-state index in [4.69, 9.17) is 27.9 Å². The quantitative estimate of drug-likeness (QED) is 0.738. The lowest BCUT2D eigenvalue weighted by atomic mass is 9.99. The highest BCUT2D eigenvalue weighted by atomic mass is 35.5. The summed E-state index contributed by atoms with van der Waals surface area (Å²) in [6, 6.07) is 6.74. The molecule has 0 fully saturated rings. The van der Waals surface area contributed by atoms with Crippen molar-refractivity contribution in [1.29, 1.82) is 0 Å². The molecule has 3 rings (SSSR count). The average molecular weight is 398 g/mol. The molecule has 0 atom stereocenters. The number of nitrogens with one attached hydrogen (secondary N) is 1. The summed E-state index contributed by atoms with van der Waals surface area (Å²) in [5.41, 5.74) is 1.29. The molecular weight excluding hydrogens is 381 g/mol. The van der Waals surface area contributed by atoms with Crippen molar-refractivity contribution >= 4 is 46.2 Å². The van der Waals surface area contributed by atoms with Crippen molar-refractivity contribution in [1.82, 2.24) is 5.32 Å². The summed E-state index contributed by atoms with van der Waals surface area (Å²) in [5, 5.41) is 3.37. The number of carbonyl (C=O) groups excluding carboxylic acids is 2. The first-order valence-corrected chi connectivity index (χ1v) is 9.59. The Kier molecular flexibility index (Phi) is 5.99. The molecule has 0 saturated heterocycles. The number of aryl methyl sites for hydroxylation is 2. The van der Waals surface area contributed by atoms with E-state index in [2.05, 4.69) is 5.32 Å². The van der Waals surface area contributed by atoms with Gasteiger partial charge in [0.1, 0.15) is 5.75 Å². The lowest BCUT2D eigenvalue weighted by Gasteiger charge is -2.08. The van der Waals surface area contributed by atoms with Gasteiger partial charge >= 0.3 is 0 Å². The highest BCUT2D eigenvalue weighted by Crippen LogP contribution is 2.30. The van der Waals surface area contributed by atoms with Gasteiger partial charge in [0.05, 0.1) is 21.5 Å². The van der Waals surface area contributed by atoms with Crippen LogP contribution in [0.1, 0.15) is 33.0 Å². The minimum absolute atomic E-state index is 0.0248. The molecule has 1 N–H and O–H groups in total. The van der Waals surface area contributed by atoms with Crippen LogP contribution in [-0.2, 0) is 17.6 Å². The zero-order valence-electron chi connectivity index (χ0n) is 13.4. The molecule has 7 heteroatoms. The predicted molar refractivity (Wildman–Crippen MR) is 100 cm³/mol. The third-order valence-corrected chi connectivity index (χ3v) is 6.00. The molecule has 2 aromatic rings. The van der Waals surface area contributed by atoms with E-state index in [0.29, 0.717) is 15.8 Å². The predicted octanol–water partition coefficient (Wildman–Crippen LogP) is 4.31. The van der Waals surface area contributed by atoms with Crippen LogP contribution in [0.4, 0.5) is 0 Å². The third kappa shape index (κ3) is 4.75. The van der Waals surface area contributed by atoms with Crippen LogP contribution in [0.2, 0.25) is 10.0 Å². The van der Waals surface area contributed by atoms with Crippen LogP contribution in [-0.4, -0.2) is 24.8 Å². The first-order valence-electron chi connectivity index (χ1n) is 8.02. The third-order valence-electron chi connectivity index (χ3n) is 3.98. The fourth-order valence-electron chi connectivity index (χ4n) is 2.66. The monoisotopic (exact) mass is 397 g/mol. The molecule has 0 saturated carbocycles. The maximum absolute atomic E-state index is 12.2. The number of thiophene rings is 1. The second kappa shape index (κ2) is 8.21. The van der Waals surface area contributed by atoms with Gasteiger partial charge in [0.25, 0.3) is 5.91 Å². The second-order valence-corrected chi connectivity index (χ2v) is 7.78. The molecule has 1 amide bonds. The van der Waals surface area contributed by atoms with Gasteiger partial charge in [0.2, 0.25) is 0 Å². The first-order chi connectivity index (χ1) is 12.0. The zero-order valence-corrected chi connectivity index (χ0v) is 15.8. The van der Waals surface area contributed by atoms with E-state index in [0.717, 1.165) is 17.7 Å². The van der Waals surface area contributed by atoms with E-state index in [1.54, 1.807) is 29.5 Å². The Bertz CT molecular complexity index is 780. The van der Waals surface area contributed by atoms with Crippen molar-refractivity contribution in [3.8, 4) is 5.75 Å². The average Bonchev–Trinajstić information content (AvgIpc) is 3.05. The number of halogens is 2. The number of ether oxygens (including phenoxy) is 1. The molecule has 1 aliphatic carbocycles. The highest BCUT2D eigenvalue weighted by Gasteiger charge is 2.17. The van der Waals surface area contributed by atoms with Crippen LogP contribution in [0.5, 0.6) is 5.75 Å². The second-order valence-electron chi connectivity index (χ2n) is 5.83. The van der Waals surface area contributed by atoms with Crippen LogP contribution in [0.3, 0.4) is 0 Å². The van der Waals surface area contributed by atoms with Crippen molar-refractivity contribution in [3.63, 3.8) is 0 Å². The van der Waals surface area contributed by atoms with E-state index in [9.17, 15) is 9.59 Å². The van der Waals surface area contributed by atoms with Gasteiger partial charge in [0, 0.05) is 10.9 Å². The molecule has 0 spiro atoms. The molecule has 1 aliphatic rings. The van der Waals surface area contributed by atoms with Gasteiger partial charge in [-0.15, -0.1) is 11.3 Å². The van der Waals surface area contributed by atoms with E-state index < -0.39 is 0 Å². The number of carbonyl (C=O) groups is 2. The molecule has 132 valence electrons. The molecule has 1 heterocycles. The number of rotatable bonds is 6. The number of amides is 1. The lowest BCUT2D eigenvalue weighted by molar-refractivity contribution is -0.122. The lowest BCUT2D eigenvalue weighted by Crippen LogP contribution is -2.33. The molecule has 0 aliphatic heterocycles. The topological polar surface area (TPSA) is 55.4 Å². The van der Waals surface area contributed by atoms with Crippen molar-refractivity contribution in [2.75, 3.05) is 13.2 Å². The summed E-state index contributed by atoms with van der Waals surface area (Å²) in [7, 11) is 0. The number of ketones is 1. The summed E-state index contributed by atoms with van der Waals surface area (Å²) in [5.74, 6) is 0.0184. The molecule has 4 nitrogen and oxygen atoms in total. The summed E-state index contributed by atoms with van der Waals surface area (Å²) in [4.78, 5) is 26.1. The van der Waals surface area contributed by atoms with Crippen LogP contribution >= 0.6 is 34.5 Å². The fourth-order valence-corrected chi connectivity index (χ4v) is 4.14. The molecule has 0 radical (unpaired) electrons. The Labute approximate surface area is 160 Å². The van der Waals surface area contributed by atoms with E-state index in [1.165, 1.54) is 23.3 Å². The van der Waals surface area contributed by atoms with Gasteiger partial charge in [-0.05, 0) is 49.4 Å². The van der Waals surface area contributed by atoms with Gasteiger partial charge < -0.3 is 10.1 Å². The Morgan fingerprint density at radius 1 is 1.12 bits per heavy atom. The van der Waals surface area contributed by atoms with Crippen LogP contribution in [0.25, 0.3) is 0 Å². The Hall–Kier alpha value is -1.56. The van der Waals surface area contributed by atoms with E-state index in [-0.39, 0.29) is 24.8 Å². The van der Waals surface area contributed by atoms with Gasteiger partial charge in [-0.1, -0.05) is 23.2 Å². The summed E-state index contributed by atoms with van der Waals surface area (Å²) < 4.78 is 5.34. The molecule has 0 bridgehead atoms. The number of hydrogen-bond acceptors (Lipinski definition) is 4. The molecule has 1 aromatic heterocycles. The normalized spacial score (nSPS) is 13.2. The van der Waals surface area contributed by atoms with Gasteiger partial charge in [0.15, 0.2) is 12.4 Å². The van der Waals surface area contributed by atoms with Crippen molar-refractivity contribution < 1.29 is 14.3 Å². The van der Waals surface area contributed by atoms with E-state index in [1.807, 2.05) is 6.07 Å². The minimum atomic E-state index is -0.360. The fraction of sp³-hybridized carbons (Fsp3) is 0.333. The van der Waals surface area contributed by atoms with Gasteiger partial charge in [-0.25, -0.2) is 0 Å². The first kappa shape index (κ1) is 18.2. The maximum atomic E-state index is 12.2. The molecular formula is C18H17Cl2NO3S. The summed E-state index contributed by atoms with van der Waals surface area (Å²) in [6.07, 6.45) is 4.46. The Morgan fingerprint density at radius 3 is 2.68 bits per heavy atom. The zero-order chi connectivity index (χ0) is 17.8. The summed E-state index contributed by atoms with van der Waals surface area (Å²) in [6.45, 7) is -0.213.